The van der Waals surface area contributed by atoms with E-state index in [-0.39, 0.29) is 0 Å². The van der Waals surface area contributed by atoms with Gasteiger partial charge in [-0.25, -0.2) is 4.98 Å². The lowest BCUT2D eigenvalue weighted by atomic mass is 10.1. The van der Waals surface area contributed by atoms with Crippen molar-refractivity contribution >= 4 is 11.3 Å². The molecule has 2 heterocycles. The van der Waals surface area contributed by atoms with E-state index in [0.29, 0.717) is 11.5 Å². The molecule has 130 valence electrons. The molecular weight excluding hydrogens is 332 g/mol. The Balaban J connectivity index is 2.05. The molecule has 0 saturated carbocycles. The van der Waals surface area contributed by atoms with Gasteiger partial charge in [0.1, 0.15) is 5.01 Å². The van der Waals surface area contributed by atoms with Crippen LogP contribution in [0, 0.1) is 13.8 Å². The summed E-state index contributed by atoms with van der Waals surface area (Å²) in [4.78, 5) is 4.85. The van der Waals surface area contributed by atoms with Crippen LogP contribution in [0.25, 0.3) is 21.8 Å². The first-order chi connectivity index (χ1) is 12.1. The van der Waals surface area contributed by atoms with E-state index in [1.54, 1.807) is 25.6 Å². The number of aromatic nitrogens is 2. The Morgan fingerprint density at radius 3 is 2.68 bits per heavy atom. The summed E-state index contributed by atoms with van der Waals surface area (Å²) in [5.74, 6) is 1.42. The van der Waals surface area contributed by atoms with E-state index in [4.69, 9.17) is 14.5 Å². The standard InChI is InChI=1S/C20H22N2O2S/c1-6-10-22-13(2)11-16(14(22)3)17-12-25-20(21-17)15-8-7-9-18(23-4)19(15)24-5/h6-9,11-12H,1,10H2,2-5H3. The van der Waals surface area contributed by atoms with Crippen molar-refractivity contribution < 1.29 is 9.47 Å². The topological polar surface area (TPSA) is 36.3 Å². The normalized spacial score (nSPS) is 10.7. The Morgan fingerprint density at radius 1 is 1.20 bits per heavy atom. The Hall–Kier alpha value is -2.53. The minimum atomic E-state index is 0.709. The zero-order valence-corrected chi connectivity index (χ0v) is 15.8. The van der Waals surface area contributed by atoms with E-state index in [1.807, 2.05) is 24.3 Å². The van der Waals surface area contributed by atoms with Crippen LogP contribution < -0.4 is 9.47 Å². The number of rotatable bonds is 6. The van der Waals surface area contributed by atoms with Crippen LogP contribution in [0.1, 0.15) is 11.4 Å². The van der Waals surface area contributed by atoms with Crippen LogP contribution in [0.2, 0.25) is 0 Å². The summed E-state index contributed by atoms with van der Waals surface area (Å²) in [5.41, 5.74) is 5.49. The van der Waals surface area contributed by atoms with E-state index in [0.717, 1.165) is 28.4 Å². The number of ether oxygens (including phenoxy) is 2. The number of methoxy groups -OCH3 is 2. The molecule has 0 bridgehead atoms. The van der Waals surface area contributed by atoms with Crippen LogP contribution in [-0.2, 0) is 6.54 Å². The zero-order valence-electron chi connectivity index (χ0n) is 15.0. The molecule has 0 saturated heterocycles. The molecule has 0 fully saturated rings. The summed E-state index contributed by atoms with van der Waals surface area (Å²) < 4.78 is 13.2. The third kappa shape index (κ3) is 3.07. The van der Waals surface area contributed by atoms with Crippen LogP contribution in [0.4, 0.5) is 0 Å². The molecule has 0 amide bonds. The van der Waals surface area contributed by atoms with Crippen molar-refractivity contribution in [3.05, 3.63) is 53.7 Å². The summed E-state index contributed by atoms with van der Waals surface area (Å²) in [7, 11) is 3.29. The molecule has 3 rings (SSSR count). The molecule has 2 aromatic heterocycles. The van der Waals surface area contributed by atoms with Gasteiger partial charge >= 0.3 is 0 Å². The van der Waals surface area contributed by atoms with E-state index < -0.39 is 0 Å². The van der Waals surface area contributed by atoms with Crippen molar-refractivity contribution in [2.45, 2.75) is 20.4 Å². The molecule has 25 heavy (non-hydrogen) atoms. The van der Waals surface area contributed by atoms with Crippen molar-refractivity contribution in [2.75, 3.05) is 14.2 Å². The maximum absolute atomic E-state index is 5.54. The highest BCUT2D eigenvalue weighted by molar-refractivity contribution is 7.13. The van der Waals surface area contributed by atoms with Crippen molar-refractivity contribution in [3.63, 3.8) is 0 Å². The van der Waals surface area contributed by atoms with Crippen molar-refractivity contribution in [2.24, 2.45) is 0 Å². The highest BCUT2D eigenvalue weighted by atomic mass is 32.1. The van der Waals surface area contributed by atoms with Crippen LogP contribution in [0.15, 0.2) is 42.3 Å². The number of aryl methyl sites for hydroxylation is 1. The number of nitrogens with zero attached hydrogens (tertiary/aromatic N) is 2. The maximum Gasteiger partial charge on any atom is 0.170 e. The second kappa shape index (κ2) is 7.15. The first-order valence-corrected chi connectivity index (χ1v) is 8.93. The minimum Gasteiger partial charge on any atom is -0.493 e. The molecule has 0 radical (unpaired) electrons. The second-order valence-electron chi connectivity index (χ2n) is 5.76. The van der Waals surface area contributed by atoms with Gasteiger partial charge in [0.05, 0.1) is 25.5 Å². The molecule has 0 aliphatic heterocycles. The number of hydrogen-bond acceptors (Lipinski definition) is 4. The fourth-order valence-electron chi connectivity index (χ4n) is 3.05. The molecular formula is C20H22N2O2S. The molecule has 0 spiro atoms. The number of thiazole rings is 1. The number of benzene rings is 1. The number of para-hydroxylation sites is 1. The smallest absolute Gasteiger partial charge is 0.170 e. The lowest BCUT2D eigenvalue weighted by molar-refractivity contribution is 0.356. The van der Waals surface area contributed by atoms with E-state index in [2.05, 4.69) is 36.4 Å². The summed E-state index contributed by atoms with van der Waals surface area (Å²) in [6.45, 7) is 8.87. The van der Waals surface area contributed by atoms with Gasteiger partial charge in [0, 0.05) is 28.9 Å². The SMILES string of the molecule is C=CCn1c(C)cc(-c2csc(-c3cccc(OC)c3OC)n2)c1C. The van der Waals surface area contributed by atoms with Crippen molar-refractivity contribution in [1.29, 1.82) is 0 Å². The molecule has 0 unspecified atom stereocenters. The van der Waals surface area contributed by atoms with Gasteiger partial charge in [-0.05, 0) is 32.0 Å². The van der Waals surface area contributed by atoms with Gasteiger partial charge in [0.25, 0.3) is 0 Å². The summed E-state index contributed by atoms with van der Waals surface area (Å²) in [5, 5.41) is 3.01. The van der Waals surface area contributed by atoms with E-state index in [9.17, 15) is 0 Å². The molecule has 0 aliphatic rings. The predicted octanol–water partition coefficient (Wildman–Crippen LogP) is 5.10. The highest BCUT2D eigenvalue weighted by Gasteiger charge is 2.17. The van der Waals surface area contributed by atoms with Gasteiger partial charge in [0.2, 0.25) is 0 Å². The largest absolute Gasteiger partial charge is 0.493 e. The summed E-state index contributed by atoms with van der Waals surface area (Å²) in [6.07, 6.45) is 1.91. The van der Waals surface area contributed by atoms with Crippen molar-refractivity contribution in [1.82, 2.24) is 9.55 Å². The average molecular weight is 354 g/mol. The molecule has 0 atom stereocenters. The highest BCUT2D eigenvalue weighted by Crippen LogP contribution is 2.40. The average Bonchev–Trinajstić information content (AvgIpc) is 3.21. The molecule has 0 aliphatic carbocycles. The lowest BCUT2D eigenvalue weighted by Crippen LogP contribution is -1.99. The van der Waals surface area contributed by atoms with Crippen LogP contribution in [-0.4, -0.2) is 23.8 Å². The van der Waals surface area contributed by atoms with Crippen molar-refractivity contribution in [3.8, 4) is 33.3 Å². The van der Waals surface area contributed by atoms with Crippen LogP contribution in [0.5, 0.6) is 11.5 Å². The molecule has 1 aromatic carbocycles. The molecule has 3 aromatic rings. The van der Waals surface area contributed by atoms with Gasteiger partial charge in [-0.1, -0.05) is 12.1 Å². The fraction of sp³-hybridized carbons (Fsp3) is 0.250. The minimum absolute atomic E-state index is 0.709. The maximum atomic E-state index is 5.54. The Morgan fingerprint density at radius 2 is 2.00 bits per heavy atom. The Bertz CT molecular complexity index is 909. The Kier molecular flexibility index (Phi) is 4.95. The predicted molar refractivity (Wildman–Crippen MR) is 104 cm³/mol. The first-order valence-electron chi connectivity index (χ1n) is 8.05. The number of allylic oxidation sites excluding steroid dienone is 1. The first kappa shape index (κ1) is 17.3. The third-order valence-corrected chi connectivity index (χ3v) is 5.17. The third-order valence-electron chi connectivity index (χ3n) is 4.30. The Labute approximate surface area is 152 Å². The van der Waals surface area contributed by atoms with E-state index in [1.165, 1.54) is 11.4 Å². The van der Waals surface area contributed by atoms with E-state index >= 15 is 0 Å². The zero-order chi connectivity index (χ0) is 18.0. The van der Waals surface area contributed by atoms with Gasteiger partial charge in [-0.2, -0.15) is 0 Å². The summed E-state index contributed by atoms with van der Waals surface area (Å²) in [6, 6.07) is 8.03. The van der Waals surface area contributed by atoms with Gasteiger partial charge in [-0.3, -0.25) is 0 Å². The van der Waals surface area contributed by atoms with Gasteiger partial charge in [-0.15, -0.1) is 17.9 Å². The number of hydrogen-bond donors (Lipinski definition) is 0. The monoisotopic (exact) mass is 354 g/mol. The molecule has 5 heteroatoms. The quantitative estimate of drug-likeness (QED) is 0.578. The van der Waals surface area contributed by atoms with Gasteiger partial charge < -0.3 is 14.0 Å². The lowest BCUT2D eigenvalue weighted by Gasteiger charge is -2.10. The van der Waals surface area contributed by atoms with Gasteiger partial charge in [0.15, 0.2) is 11.5 Å². The molecule has 4 nitrogen and oxygen atoms in total. The summed E-state index contributed by atoms with van der Waals surface area (Å²) >= 11 is 1.61. The second-order valence-corrected chi connectivity index (χ2v) is 6.62. The van der Waals surface area contributed by atoms with Crippen LogP contribution >= 0.6 is 11.3 Å². The van der Waals surface area contributed by atoms with Crippen LogP contribution in [0.3, 0.4) is 0 Å². The molecule has 0 N–H and O–H groups in total. The fourth-order valence-corrected chi connectivity index (χ4v) is 3.89.